The zero-order valence-corrected chi connectivity index (χ0v) is 15.5. The molecular formula is C21H17F3N4O. The molecule has 1 amide bonds. The molecule has 0 saturated heterocycles. The van der Waals surface area contributed by atoms with Gasteiger partial charge in [0.05, 0.1) is 5.92 Å². The van der Waals surface area contributed by atoms with Crippen LogP contribution in [0.15, 0.2) is 42.6 Å². The highest BCUT2D eigenvalue weighted by Gasteiger charge is 2.71. The first kappa shape index (κ1) is 17.9. The molecule has 1 aliphatic carbocycles. The second-order valence-electron chi connectivity index (χ2n) is 7.50. The van der Waals surface area contributed by atoms with Crippen molar-refractivity contribution in [3.8, 4) is 22.4 Å². The summed E-state index contributed by atoms with van der Waals surface area (Å²) in [5.41, 5.74) is 3.31. The minimum Gasteiger partial charge on any atom is -0.311 e. The van der Waals surface area contributed by atoms with Gasteiger partial charge in [0.25, 0.3) is 5.92 Å². The smallest absolute Gasteiger partial charge is 0.275 e. The molecule has 5 rings (SSSR count). The van der Waals surface area contributed by atoms with Crippen molar-refractivity contribution in [1.29, 1.82) is 0 Å². The van der Waals surface area contributed by atoms with Gasteiger partial charge in [0.1, 0.15) is 23.4 Å². The molecule has 0 bridgehead atoms. The van der Waals surface area contributed by atoms with Crippen molar-refractivity contribution in [3.63, 3.8) is 0 Å². The normalized spacial score (nSPS) is 21.2. The van der Waals surface area contributed by atoms with E-state index in [1.165, 1.54) is 23.7 Å². The second-order valence-corrected chi connectivity index (χ2v) is 7.50. The van der Waals surface area contributed by atoms with Crippen molar-refractivity contribution >= 4 is 11.7 Å². The third-order valence-corrected chi connectivity index (χ3v) is 5.60. The Balaban J connectivity index is 1.70. The van der Waals surface area contributed by atoms with E-state index in [1.807, 2.05) is 0 Å². The Bertz CT molecular complexity index is 1120. The summed E-state index contributed by atoms with van der Waals surface area (Å²) in [6.45, 7) is 1.38. The number of hydrogen-bond acceptors (Lipinski definition) is 3. The van der Waals surface area contributed by atoms with Gasteiger partial charge in [-0.15, -0.1) is 0 Å². The highest BCUT2D eigenvalue weighted by atomic mass is 19.3. The van der Waals surface area contributed by atoms with Gasteiger partial charge in [0.2, 0.25) is 5.91 Å². The number of halogens is 3. The average Bonchev–Trinajstić information content (AvgIpc) is 3.06. The van der Waals surface area contributed by atoms with Crippen LogP contribution in [0.2, 0.25) is 0 Å². The van der Waals surface area contributed by atoms with Crippen LogP contribution in [0.1, 0.15) is 25.1 Å². The number of nitrogens with one attached hydrogen (secondary N) is 1. The fraction of sp³-hybridized carbons (Fsp3) is 0.286. The molecule has 2 aromatic heterocycles. The molecule has 2 aliphatic rings. The minimum atomic E-state index is -2.76. The van der Waals surface area contributed by atoms with Gasteiger partial charge in [0, 0.05) is 29.9 Å². The quantitative estimate of drug-likeness (QED) is 0.709. The van der Waals surface area contributed by atoms with E-state index in [0.29, 0.717) is 41.0 Å². The first-order valence-electron chi connectivity index (χ1n) is 9.35. The number of carbonyl (C=O) groups excluding carboxylic acids is 1. The van der Waals surface area contributed by atoms with Gasteiger partial charge in [-0.1, -0.05) is 0 Å². The number of amides is 1. The van der Waals surface area contributed by atoms with Crippen LogP contribution in [0.3, 0.4) is 0 Å². The van der Waals surface area contributed by atoms with Crippen LogP contribution >= 0.6 is 0 Å². The van der Waals surface area contributed by atoms with Gasteiger partial charge < -0.3 is 5.32 Å². The number of aromatic nitrogens is 3. The number of hydrogen-bond donors (Lipinski definition) is 1. The summed E-state index contributed by atoms with van der Waals surface area (Å²) in [4.78, 5) is 15.5. The molecule has 3 heterocycles. The number of rotatable bonds is 3. The summed E-state index contributed by atoms with van der Waals surface area (Å²) in [5.74, 6) is -3.72. The third-order valence-electron chi connectivity index (χ3n) is 5.60. The molecule has 1 aromatic carbocycles. The molecule has 8 heteroatoms. The molecule has 3 aromatic rings. The number of benzene rings is 1. The summed E-state index contributed by atoms with van der Waals surface area (Å²) >= 11 is 0. The predicted octanol–water partition coefficient (Wildman–Crippen LogP) is 4.46. The highest BCUT2D eigenvalue weighted by molar-refractivity contribution is 5.89. The summed E-state index contributed by atoms with van der Waals surface area (Å²) < 4.78 is 43.3. The van der Waals surface area contributed by atoms with E-state index in [0.717, 1.165) is 5.69 Å². The fourth-order valence-electron chi connectivity index (χ4n) is 4.24. The standard InChI is InChI=1S/C21H17F3N4O/c1-11(29)26-17-10-13(8-9-25-17)18-16-7-6-15-20(21(15,23)24)28(16)27-19(18)12-2-4-14(22)5-3-12/h2-5,8-10,15,20H,6-7H2,1H3,(H,25,26,29). The highest BCUT2D eigenvalue weighted by Crippen LogP contribution is 2.63. The van der Waals surface area contributed by atoms with E-state index < -0.39 is 17.9 Å². The second kappa shape index (κ2) is 6.17. The van der Waals surface area contributed by atoms with Crippen LogP contribution in [0.25, 0.3) is 22.4 Å². The van der Waals surface area contributed by atoms with Crippen molar-refractivity contribution in [3.05, 3.63) is 54.1 Å². The summed E-state index contributed by atoms with van der Waals surface area (Å²) in [5, 5.41) is 7.18. The molecule has 1 fully saturated rings. The number of nitrogens with zero attached hydrogens (tertiary/aromatic N) is 3. The summed E-state index contributed by atoms with van der Waals surface area (Å²) in [7, 11) is 0. The third kappa shape index (κ3) is 2.82. The maximum Gasteiger partial charge on any atom is 0.275 e. The SMILES string of the molecule is CC(=O)Nc1cc(-c2c(-c3ccc(F)cc3)nn3c2CCC2C3C2(F)F)ccn1. The molecule has 1 saturated carbocycles. The van der Waals surface area contributed by atoms with Crippen LogP contribution < -0.4 is 5.32 Å². The molecule has 1 N–H and O–H groups in total. The van der Waals surface area contributed by atoms with Crippen molar-refractivity contribution in [2.45, 2.75) is 31.7 Å². The zero-order chi connectivity index (χ0) is 20.3. The molecule has 2 unspecified atom stereocenters. The zero-order valence-electron chi connectivity index (χ0n) is 15.5. The molecule has 148 valence electrons. The van der Waals surface area contributed by atoms with E-state index in [1.54, 1.807) is 30.5 Å². The fourth-order valence-corrected chi connectivity index (χ4v) is 4.24. The van der Waals surface area contributed by atoms with Crippen LogP contribution in [-0.4, -0.2) is 26.6 Å². The Morgan fingerprint density at radius 3 is 2.69 bits per heavy atom. The molecule has 5 nitrogen and oxygen atoms in total. The van der Waals surface area contributed by atoms with Gasteiger partial charge in [0.15, 0.2) is 0 Å². The molecule has 0 spiro atoms. The van der Waals surface area contributed by atoms with Crippen LogP contribution in [0, 0.1) is 11.7 Å². The maximum absolute atomic E-state index is 14.2. The number of pyridine rings is 1. The van der Waals surface area contributed by atoms with E-state index >= 15 is 0 Å². The van der Waals surface area contributed by atoms with Gasteiger partial charge in [-0.2, -0.15) is 5.10 Å². The topological polar surface area (TPSA) is 59.8 Å². The lowest BCUT2D eigenvalue weighted by atomic mass is 9.96. The molecule has 2 atom stereocenters. The van der Waals surface area contributed by atoms with Gasteiger partial charge in [-0.25, -0.2) is 18.2 Å². The van der Waals surface area contributed by atoms with Gasteiger partial charge >= 0.3 is 0 Å². The monoisotopic (exact) mass is 398 g/mol. The molecule has 1 aliphatic heterocycles. The first-order chi connectivity index (χ1) is 13.9. The van der Waals surface area contributed by atoms with Crippen LogP contribution in [-0.2, 0) is 11.2 Å². The Morgan fingerprint density at radius 2 is 1.97 bits per heavy atom. The van der Waals surface area contributed by atoms with E-state index in [9.17, 15) is 18.0 Å². The Morgan fingerprint density at radius 1 is 1.21 bits per heavy atom. The molecule has 29 heavy (non-hydrogen) atoms. The average molecular weight is 398 g/mol. The van der Waals surface area contributed by atoms with Crippen LogP contribution in [0.4, 0.5) is 19.0 Å². The molecule has 0 radical (unpaired) electrons. The Hall–Kier alpha value is -3.16. The Labute approximate surface area is 164 Å². The Kier molecular flexibility index (Phi) is 3.81. The maximum atomic E-state index is 14.2. The number of fused-ring (bicyclic) bond motifs is 3. The first-order valence-corrected chi connectivity index (χ1v) is 9.35. The van der Waals surface area contributed by atoms with Crippen molar-refractivity contribution in [2.75, 3.05) is 5.32 Å². The van der Waals surface area contributed by atoms with Crippen molar-refractivity contribution in [2.24, 2.45) is 5.92 Å². The van der Waals surface area contributed by atoms with Crippen molar-refractivity contribution in [1.82, 2.24) is 14.8 Å². The number of carbonyl (C=O) groups is 1. The van der Waals surface area contributed by atoms with Gasteiger partial charge in [-0.3, -0.25) is 9.48 Å². The summed E-state index contributed by atoms with van der Waals surface area (Å²) in [6, 6.07) is 8.34. The van der Waals surface area contributed by atoms with E-state index in [4.69, 9.17) is 0 Å². The minimum absolute atomic E-state index is 0.258. The predicted molar refractivity (Wildman–Crippen MR) is 101 cm³/mol. The van der Waals surface area contributed by atoms with E-state index in [2.05, 4.69) is 15.4 Å². The number of alkyl halides is 2. The van der Waals surface area contributed by atoms with Crippen molar-refractivity contribution < 1.29 is 18.0 Å². The lowest BCUT2D eigenvalue weighted by Gasteiger charge is -2.13. The van der Waals surface area contributed by atoms with Crippen LogP contribution in [0.5, 0.6) is 0 Å². The summed E-state index contributed by atoms with van der Waals surface area (Å²) in [6.07, 6.45) is 2.41. The van der Waals surface area contributed by atoms with Gasteiger partial charge in [-0.05, 0) is 54.8 Å². The largest absolute Gasteiger partial charge is 0.311 e. The lowest BCUT2D eigenvalue weighted by molar-refractivity contribution is -0.114. The number of anilines is 1. The lowest BCUT2D eigenvalue weighted by Crippen LogP contribution is -2.11. The van der Waals surface area contributed by atoms with E-state index in [-0.39, 0.29) is 11.7 Å². The molecular weight excluding hydrogens is 381 g/mol.